The second kappa shape index (κ2) is 7.17. The number of aryl methyl sites for hydroxylation is 1. The number of ether oxygens (including phenoxy) is 2. The van der Waals surface area contributed by atoms with Gasteiger partial charge < -0.3 is 14.8 Å². The Kier molecular flexibility index (Phi) is 5.84. The van der Waals surface area contributed by atoms with E-state index in [-0.39, 0.29) is 0 Å². The summed E-state index contributed by atoms with van der Waals surface area (Å²) in [5, 5.41) is 3.41. The Balaban J connectivity index is 2.51. The molecule has 0 saturated heterocycles. The molecule has 0 unspecified atom stereocenters. The van der Waals surface area contributed by atoms with Gasteiger partial charge >= 0.3 is 0 Å². The standard InChI is InChI=1S/C14H23NO2/c1-11(2)15-7-5-6-12-8-13(16-3)10-14(9-12)17-4/h8-11,15H,5-7H2,1-4H3. The second-order valence-corrected chi connectivity index (χ2v) is 4.43. The molecular weight excluding hydrogens is 214 g/mol. The molecule has 0 saturated carbocycles. The summed E-state index contributed by atoms with van der Waals surface area (Å²) >= 11 is 0. The van der Waals surface area contributed by atoms with Gasteiger partial charge in [0.2, 0.25) is 0 Å². The van der Waals surface area contributed by atoms with Crippen LogP contribution in [-0.4, -0.2) is 26.8 Å². The second-order valence-electron chi connectivity index (χ2n) is 4.43. The number of hydrogen-bond acceptors (Lipinski definition) is 3. The Morgan fingerprint density at radius 2 is 1.65 bits per heavy atom. The summed E-state index contributed by atoms with van der Waals surface area (Å²) in [4.78, 5) is 0. The lowest BCUT2D eigenvalue weighted by molar-refractivity contribution is 0.393. The Bertz CT molecular complexity index is 315. The minimum Gasteiger partial charge on any atom is -0.497 e. The maximum absolute atomic E-state index is 5.25. The van der Waals surface area contributed by atoms with Gasteiger partial charge in [-0.15, -0.1) is 0 Å². The van der Waals surface area contributed by atoms with Crippen molar-refractivity contribution < 1.29 is 9.47 Å². The smallest absolute Gasteiger partial charge is 0.122 e. The molecule has 1 N–H and O–H groups in total. The molecule has 0 heterocycles. The van der Waals surface area contributed by atoms with Gasteiger partial charge in [-0.25, -0.2) is 0 Å². The summed E-state index contributed by atoms with van der Waals surface area (Å²) in [6, 6.07) is 6.58. The highest BCUT2D eigenvalue weighted by Crippen LogP contribution is 2.23. The third-order valence-electron chi connectivity index (χ3n) is 2.61. The van der Waals surface area contributed by atoms with Crippen LogP contribution in [0.4, 0.5) is 0 Å². The highest BCUT2D eigenvalue weighted by Gasteiger charge is 2.02. The summed E-state index contributed by atoms with van der Waals surface area (Å²) in [6.07, 6.45) is 2.15. The van der Waals surface area contributed by atoms with E-state index in [1.165, 1.54) is 5.56 Å². The summed E-state index contributed by atoms with van der Waals surface area (Å²) in [5.74, 6) is 1.72. The summed E-state index contributed by atoms with van der Waals surface area (Å²) in [6.45, 7) is 5.36. The lowest BCUT2D eigenvalue weighted by atomic mass is 10.1. The molecule has 17 heavy (non-hydrogen) atoms. The average molecular weight is 237 g/mol. The first-order valence-corrected chi connectivity index (χ1v) is 6.11. The molecule has 0 aliphatic rings. The van der Waals surface area contributed by atoms with Crippen molar-refractivity contribution in [3.63, 3.8) is 0 Å². The highest BCUT2D eigenvalue weighted by atomic mass is 16.5. The Morgan fingerprint density at radius 1 is 1.06 bits per heavy atom. The summed E-state index contributed by atoms with van der Waals surface area (Å²) < 4.78 is 10.5. The zero-order valence-corrected chi connectivity index (χ0v) is 11.2. The SMILES string of the molecule is COc1cc(CCCNC(C)C)cc(OC)c1. The van der Waals surface area contributed by atoms with Gasteiger partial charge in [-0.05, 0) is 37.1 Å². The third-order valence-corrected chi connectivity index (χ3v) is 2.61. The first-order valence-electron chi connectivity index (χ1n) is 6.11. The van der Waals surface area contributed by atoms with Crippen LogP contribution >= 0.6 is 0 Å². The number of nitrogens with one attached hydrogen (secondary N) is 1. The van der Waals surface area contributed by atoms with Crippen molar-refractivity contribution >= 4 is 0 Å². The van der Waals surface area contributed by atoms with E-state index in [1.54, 1.807) is 14.2 Å². The molecule has 0 spiro atoms. The van der Waals surface area contributed by atoms with E-state index < -0.39 is 0 Å². The van der Waals surface area contributed by atoms with Gasteiger partial charge in [-0.3, -0.25) is 0 Å². The minimum absolute atomic E-state index is 0.551. The van der Waals surface area contributed by atoms with Gasteiger partial charge in [0, 0.05) is 12.1 Å². The molecular formula is C14H23NO2. The molecule has 0 fully saturated rings. The zero-order chi connectivity index (χ0) is 12.7. The average Bonchev–Trinajstić information content (AvgIpc) is 2.34. The predicted octanol–water partition coefficient (Wildman–Crippen LogP) is 2.63. The van der Waals surface area contributed by atoms with Gasteiger partial charge in [-0.2, -0.15) is 0 Å². The van der Waals surface area contributed by atoms with Crippen molar-refractivity contribution in [3.8, 4) is 11.5 Å². The molecule has 1 rings (SSSR count). The maximum Gasteiger partial charge on any atom is 0.122 e. The molecule has 1 aromatic rings. The predicted molar refractivity (Wildman–Crippen MR) is 71.0 cm³/mol. The van der Waals surface area contributed by atoms with Crippen LogP contribution in [0.1, 0.15) is 25.8 Å². The molecule has 0 aliphatic carbocycles. The Hall–Kier alpha value is -1.22. The molecule has 0 aliphatic heterocycles. The lowest BCUT2D eigenvalue weighted by Crippen LogP contribution is -2.23. The van der Waals surface area contributed by atoms with Gasteiger partial charge in [-0.1, -0.05) is 13.8 Å². The summed E-state index contributed by atoms with van der Waals surface area (Å²) in [5.41, 5.74) is 1.26. The van der Waals surface area contributed by atoms with E-state index in [2.05, 4.69) is 31.3 Å². The highest BCUT2D eigenvalue weighted by molar-refractivity contribution is 5.38. The summed E-state index contributed by atoms with van der Waals surface area (Å²) in [7, 11) is 3.36. The normalized spacial score (nSPS) is 10.6. The van der Waals surface area contributed by atoms with Crippen LogP contribution in [0.15, 0.2) is 18.2 Å². The first-order chi connectivity index (χ1) is 8.15. The molecule has 0 amide bonds. The molecule has 0 atom stereocenters. The molecule has 1 aromatic carbocycles. The van der Waals surface area contributed by atoms with Crippen molar-refractivity contribution in [2.24, 2.45) is 0 Å². The first kappa shape index (κ1) is 13.8. The Morgan fingerprint density at radius 3 is 2.12 bits per heavy atom. The van der Waals surface area contributed by atoms with Crippen molar-refractivity contribution in [2.45, 2.75) is 32.7 Å². The molecule has 0 radical (unpaired) electrons. The van der Waals surface area contributed by atoms with Crippen LogP contribution in [0.25, 0.3) is 0 Å². The van der Waals surface area contributed by atoms with Gasteiger partial charge in [0.1, 0.15) is 11.5 Å². The quantitative estimate of drug-likeness (QED) is 0.739. The molecule has 3 heteroatoms. The van der Waals surface area contributed by atoms with Gasteiger partial charge in [0.15, 0.2) is 0 Å². The number of hydrogen-bond donors (Lipinski definition) is 1. The topological polar surface area (TPSA) is 30.5 Å². The van der Waals surface area contributed by atoms with Crippen LogP contribution in [0, 0.1) is 0 Å². The van der Waals surface area contributed by atoms with Crippen LogP contribution in [0.5, 0.6) is 11.5 Å². The largest absolute Gasteiger partial charge is 0.497 e. The van der Waals surface area contributed by atoms with Crippen molar-refractivity contribution in [1.82, 2.24) is 5.32 Å². The van der Waals surface area contributed by atoms with E-state index >= 15 is 0 Å². The molecule has 96 valence electrons. The van der Waals surface area contributed by atoms with Crippen LogP contribution in [0.3, 0.4) is 0 Å². The monoisotopic (exact) mass is 237 g/mol. The van der Waals surface area contributed by atoms with E-state index in [9.17, 15) is 0 Å². The fourth-order valence-corrected chi connectivity index (χ4v) is 1.69. The number of benzene rings is 1. The van der Waals surface area contributed by atoms with Crippen molar-refractivity contribution in [2.75, 3.05) is 20.8 Å². The van der Waals surface area contributed by atoms with E-state index in [4.69, 9.17) is 9.47 Å². The van der Waals surface area contributed by atoms with Crippen LogP contribution in [0.2, 0.25) is 0 Å². The maximum atomic E-state index is 5.25. The number of rotatable bonds is 7. The molecule has 3 nitrogen and oxygen atoms in total. The Labute approximate surface area is 104 Å². The van der Waals surface area contributed by atoms with Crippen molar-refractivity contribution in [1.29, 1.82) is 0 Å². The molecule has 0 aromatic heterocycles. The fraction of sp³-hybridized carbons (Fsp3) is 0.571. The number of methoxy groups -OCH3 is 2. The zero-order valence-electron chi connectivity index (χ0n) is 11.2. The fourth-order valence-electron chi connectivity index (χ4n) is 1.69. The van der Waals surface area contributed by atoms with Gasteiger partial charge in [0.25, 0.3) is 0 Å². The lowest BCUT2D eigenvalue weighted by Gasteiger charge is -2.10. The minimum atomic E-state index is 0.551. The van der Waals surface area contributed by atoms with Crippen LogP contribution in [-0.2, 0) is 6.42 Å². The van der Waals surface area contributed by atoms with Gasteiger partial charge in [0.05, 0.1) is 14.2 Å². The third kappa shape index (κ3) is 5.09. The van der Waals surface area contributed by atoms with E-state index in [0.717, 1.165) is 30.9 Å². The van der Waals surface area contributed by atoms with Crippen molar-refractivity contribution in [3.05, 3.63) is 23.8 Å². The van der Waals surface area contributed by atoms with E-state index in [1.807, 2.05) is 6.07 Å². The molecule has 0 bridgehead atoms. The van der Waals surface area contributed by atoms with Crippen LogP contribution < -0.4 is 14.8 Å². The van der Waals surface area contributed by atoms with E-state index in [0.29, 0.717) is 6.04 Å².